The zero-order valence-corrected chi connectivity index (χ0v) is 18.0. The maximum absolute atomic E-state index is 11.6. The molecule has 1 unspecified atom stereocenters. The van der Waals surface area contributed by atoms with Gasteiger partial charge >= 0.3 is 0 Å². The lowest BCUT2D eigenvalue weighted by molar-refractivity contribution is 0.0396. The summed E-state index contributed by atoms with van der Waals surface area (Å²) in [5.41, 5.74) is 1.14. The first-order valence-corrected chi connectivity index (χ1v) is 12.5. The Bertz CT molecular complexity index is 835. The third-order valence-corrected chi connectivity index (χ3v) is 8.01. The van der Waals surface area contributed by atoms with Crippen LogP contribution in [-0.2, 0) is 9.84 Å². The van der Waals surface area contributed by atoms with Crippen molar-refractivity contribution in [3.05, 3.63) is 29.8 Å². The van der Waals surface area contributed by atoms with E-state index in [2.05, 4.69) is 38.7 Å². The average Bonchev–Trinajstić information content (AvgIpc) is 3.15. The molecule has 2 fully saturated rings. The zero-order valence-electron chi connectivity index (χ0n) is 17.2. The number of nitrogens with one attached hydrogen (secondary N) is 2. The molecule has 1 aromatic carbocycles. The summed E-state index contributed by atoms with van der Waals surface area (Å²) < 4.78 is 29.6. The predicted molar refractivity (Wildman–Crippen MR) is 115 cm³/mol. The van der Waals surface area contributed by atoms with Gasteiger partial charge in [0.2, 0.25) is 0 Å². The van der Waals surface area contributed by atoms with Crippen molar-refractivity contribution in [3.8, 4) is 5.75 Å². The van der Waals surface area contributed by atoms with Gasteiger partial charge in [0.15, 0.2) is 15.8 Å². The van der Waals surface area contributed by atoms with Gasteiger partial charge in [-0.05, 0) is 31.7 Å². The number of nitrogens with zero attached hydrogens (tertiary/aromatic N) is 2. The molecule has 2 heterocycles. The largest absolute Gasteiger partial charge is 0.487 e. The highest BCUT2D eigenvalue weighted by molar-refractivity contribution is 7.91. The smallest absolute Gasteiger partial charge is 0.191 e. The molecule has 2 N–H and O–H groups in total. The summed E-state index contributed by atoms with van der Waals surface area (Å²) in [5, 5.41) is 7.01. The Hall–Kier alpha value is -1.80. The number of fused-ring (bicyclic) bond motifs is 1. The van der Waals surface area contributed by atoms with E-state index < -0.39 is 9.84 Å². The van der Waals surface area contributed by atoms with Gasteiger partial charge in [0.1, 0.15) is 11.4 Å². The van der Waals surface area contributed by atoms with Gasteiger partial charge in [-0.25, -0.2) is 8.42 Å². The average molecular weight is 421 g/mol. The van der Waals surface area contributed by atoms with Crippen LogP contribution in [0.25, 0.3) is 0 Å². The second-order valence-electron chi connectivity index (χ2n) is 8.42. The summed E-state index contributed by atoms with van der Waals surface area (Å²) in [7, 11) is -1.04. The molecule has 0 aromatic heterocycles. The van der Waals surface area contributed by atoms with Crippen LogP contribution in [0, 0.1) is 0 Å². The maximum atomic E-state index is 11.6. The van der Waals surface area contributed by atoms with Crippen LogP contribution >= 0.6 is 0 Å². The number of para-hydroxylation sites is 1. The number of ether oxygens (including phenoxy) is 1. The molecule has 8 heteroatoms. The van der Waals surface area contributed by atoms with E-state index in [9.17, 15) is 8.42 Å². The van der Waals surface area contributed by atoms with E-state index in [0.717, 1.165) is 44.1 Å². The molecule has 160 valence electrons. The molecule has 1 aliphatic carbocycles. The van der Waals surface area contributed by atoms with Gasteiger partial charge in [-0.3, -0.25) is 9.89 Å². The topological polar surface area (TPSA) is 83.0 Å². The van der Waals surface area contributed by atoms with Gasteiger partial charge < -0.3 is 15.4 Å². The van der Waals surface area contributed by atoms with Crippen LogP contribution < -0.4 is 15.4 Å². The molecule has 1 spiro atoms. The van der Waals surface area contributed by atoms with Crippen LogP contribution in [0.2, 0.25) is 0 Å². The Labute approximate surface area is 173 Å². The van der Waals surface area contributed by atoms with Crippen molar-refractivity contribution >= 4 is 15.8 Å². The molecule has 4 rings (SSSR count). The molecule has 29 heavy (non-hydrogen) atoms. The fourth-order valence-electron chi connectivity index (χ4n) is 4.74. The molecular weight excluding hydrogens is 388 g/mol. The Kier molecular flexibility index (Phi) is 6.01. The molecule has 7 nitrogen and oxygen atoms in total. The number of sulfone groups is 1. The molecule has 1 saturated carbocycles. The minimum absolute atomic E-state index is 0.0514. The van der Waals surface area contributed by atoms with Crippen LogP contribution in [0.4, 0.5) is 0 Å². The summed E-state index contributed by atoms with van der Waals surface area (Å²) in [6.07, 6.45) is 5.64. The SMILES string of the molecule is CN=C(NCCN1CCS(=O)(=O)CC1)NC1CC2(CCCC2)Oc2ccccc21. The highest BCUT2D eigenvalue weighted by Gasteiger charge is 2.43. The summed E-state index contributed by atoms with van der Waals surface area (Å²) in [6, 6.07) is 8.48. The second-order valence-corrected chi connectivity index (χ2v) is 10.7. The number of hydrogen-bond donors (Lipinski definition) is 2. The van der Waals surface area contributed by atoms with Crippen molar-refractivity contribution in [1.82, 2.24) is 15.5 Å². The minimum Gasteiger partial charge on any atom is -0.487 e. The Morgan fingerprint density at radius 1 is 1.24 bits per heavy atom. The van der Waals surface area contributed by atoms with Crippen molar-refractivity contribution in [1.29, 1.82) is 0 Å². The van der Waals surface area contributed by atoms with Gasteiger partial charge in [0.25, 0.3) is 0 Å². The van der Waals surface area contributed by atoms with Crippen molar-refractivity contribution in [2.45, 2.75) is 43.7 Å². The number of hydrogen-bond acceptors (Lipinski definition) is 5. The molecule has 1 saturated heterocycles. The van der Waals surface area contributed by atoms with Crippen molar-refractivity contribution < 1.29 is 13.2 Å². The second kappa shape index (κ2) is 8.52. The first-order valence-electron chi connectivity index (χ1n) is 10.7. The lowest BCUT2D eigenvalue weighted by Gasteiger charge is -2.40. The van der Waals surface area contributed by atoms with E-state index in [4.69, 9.17) is 4.74 Å². The lowest BCUT2D eigenvalue weighted by Crippen LogP contribution is -2.48. The summed E-state index contributed by atoms with van der Waals surface area (Å²) in [4.78, 5) is 6.61. The number of guanidine groups is 1. The molecule has 0 radical (unpaired) electrons. The molecule has 2 aliphatic heterocycles. The third kappa shape index (κ3) is 4.86. The maximum Gasteiger partial charge on any atom is 0.191 e. The van der Waals surface area contributed by atoms with Crippen LogP contribution in [-0.4, -0.2) is 69.6 Å². The van der Waals surface area contributed by atoms with E-state index >= 15 is 0 Å². The van der Waals surface area contributed by atoms with Gasteiger partial charge in [-0.2, -0.15) is 0 Å². The van der Waals surface area contributed by atoms with Crippen molar-refractivity contribution in [2.75, 3.05) is 44.7 Å². The molecule has 0 bridgehead atoms. The lowest BCUT2D eigenvalue weighted by atomic mass is 9.86. The Morgan fingerprint density at radius 3 is 2.69 bits per heavy atom. The van der Waals surface area contributed by atoms with Crippen LogP contribution in [0.5, 0.6) is 5.75 Å². The summed E-state index contributed by atoms with van der Waals surface area (Å²) in [5.74, 6) is 2.30. The van der Waals surface area contributed by atoms with Gasteiger partial charge in [0, 0.05) is 45.2 Å². The summed E-state index contributed by atoms with van der Waals surface area (Å²) in [6.45, 7) is 2.78. The van der Waals surface area contributed by atoms with Crippen molar-refractivity contribution in [2.24, 2.45) is 4.99 Å². The van der Waals surface area contributed by atoms with E-state index in [-0.39, 0.29) is 23.1 Å². The van der Waals surface area contributed by atoms with Crippen LogP contribution in [0.1, 0.15) is 43.7 Å². The first kappa shape index (κ1) is 20.5. The number of aliphatic imine (C=N–C) groups is 1. The predicted octanol–water partition coefficient (Wildman–Crippen LogP) is 1.72. The summed E-state index contributed by atoms with van der Waals surface area (Å²) >= 11 is 0. The highest BCUT2D eigenvalue weighted by atomic mass is 32.2. The van der Waals surface area contributed by atoms with Gasteiger partial charge in [0.05, 0.1) is 17.5 Å². The minimum atomic E-state index is -2.83. The molecule has 0 amide bonds. The standard InChI is InChI=1S/C21H32N4O3S/c1-22-20(23-10-11-25-12-14-29(26,27)15-13-25)24-18-16-21(8-4-5-9-21)28-19-7-3-2-6-17(18)19/h2-3,6-7,18H,4-5,8-16H2,1H3,(H2,22,23,24). The normalized spacial score (nSPS) is 26.0. The van der Waals surface area contributed by atoms with E-state index in [1.807, 2.05) is 6.07 Å². The Morgan fingerprint density at radius 2 is 1.97 bits per heavy atom. The van der Waals surface area contributed by atoms with Crippen LogP contribution in [0.3, 0.4) is 0 Å². The van der Waals surface area contributed by atoms with Gasteiger partial charge in [-0.1, -0.05) is 18.2 Å². The van der Waals surface area contributed by atoms with Crippen LogP contribution in [0.15, 0.2) is 29.3 Å². The fraction of sp³-hybridized carbons (Fsp3) is 0.667. The first-order chi connectivity index (χ1) is 14.0. The number of benzene rings is 1. The zero-order chi connectivity index (χ0) is 20.3. The highest BCUT2D eigenvalue weighted by Crippen LogP contribution is 2.46. The molecular formula is C21H32N4O3S. The van der Waals surface area contributed by atoms with E-state index in [0.29, 0.717) is 13.1 Å². The Balaban J connectivity index is 1.35. The third-order valence-electron chi connectivity index (χ3n) is 6.40. The quantitative estimate of drug-likeness (QED) is 0.570. The van der Waals surface area contributed by atoms with Crippen molar-refractivity contribution in [3.63, 3.8) is 0 Å². The number of rotatable bonds is 4. The monoisotopic (exact) mass is 420 g/mol. The molecule has 1 aromatic rings. The fourth-order valence-corrected chi connectivity index (χ4v) is 6.02. The molecule has 3 aliphatic rings. The van der Waals surface area contributed by atoms with E-state index in [1.165, 1.54) is 18.4 Å². The van der Waals surface area contributed by atoms with E-state index in [1.54, 1.807) is 7.05 Å². The molecule has 1 atom stereocenters. The van der Waals surface area contributed by atoms with Gasteiger partial charge in [-0.15, -0.1) is 0 Å².